The molecule has 1 aliphatic rings. The lowest BCUT2D eigenvalue weighted by Gasteiger charge is -2.25. The number of ether oxygens (including phenoxy) is 1. The van der Waals surface area contributed by atoms with Crippen LogP contribution in [0.4, 0.5) is 0 Å². The van der Waals surface area contributed by atoms with Gasteiger partial charge in [0.15, 0.2) is 0 Å². The number of hydrogen-bond acceptors (Lipinski definition) is 5. The Bertz CT molecular complexity index is 466. The van der Waals surface area contributed by atoms with E-state index in [0.717, 1.165) is 10.7 Å². The molecule has 0 aliphatic carbocycles. The summed E-state index contributed by atoms with van der Waals surface area (Å²) in [5, 5.41) is 2.68. The van der Waals surface area contributed by atoms with Crippen molar-refractivity contribution in [2.24, 2.45) is 0 Å². The van der Waals surface area contributed by atoms with Gasteiger partial charge in [0.1, 0.15) is 5.01 Å². The maximum atomic E-state index is 11.9. The van der Waals surface area contributed by atoms with Crippen LogP contribution in [0.3, 0.4) is 0 Å². The van der Waals surface area contributed by atoms with E-state index in [1.807, 2.05) is 12.3 Å². The summed E-state index contributed by atoms with van der Waals surface area (Å²) in [5.74, 6) is 0. The highest BCUT2D eigenvalue weighted by Gasteiger charge is 2.23. The molecular weight excluding hydrogens is 262 g/mol. The minimum Gasteiger partial charge on any atom is -0.379 e. The van der Waals surface area contributed by atoms with Crippen molar-refractivity contribution in [1.29, 1.82) is 0 Å². The number of nitrogens with one attached hydrogen (secondary N) is 1. The number of aryl methyl sites for hydroxylation is 1. The fourth-order valence-corrected chi connectivity index (χ4v) is 3.45. The molecule has 96 valence electrons. The SMILES string of the molecule is Cc1csc(CNS(=O)(=O)N2CCOCC2)n1. The van der Waals surface area contributed by atoms with Gasteiger partial charge in [0, 0.05) is 24.2 Å². The zero-order valence-electron chi connectivity index (χ0n) is 9.55. The Hall–Kier alpha value is -0.540. The maximum Gasteiger partial charge on any atom is 0.279 e. The molecule has 17 heavy (non-hydrogen) atoms. The Morgan fingerprint density at radius 2 is 2.24 bits per heavy atom. The lowest BCUT2D eigenvalue weighted by molar-refractivity contribution is 0.0725. The summed E-state index contributed by atoms with van der Waals surface area (Å²) in [4.78, 5) is 4.21. The van der Waals surface area contributed by atoms with Crippen LogP contribution in [0, 0.1) is 6.92 Å². The quantitative estimate of drug-likeness (QED) is 0.848. The molecule has 1 fully saturated rings. The van der Waals surface area contributed by atoms with Gasteiger partial charge in [0.25, 0.3) is 10.2 Å². The van der Waals surface area contributed by atoms with E-state index in [9.17, 15) is 8.42 Å². The predicted molar refractivity (Wildman–Crippen MR) is 65.0 cm³/mol. The summed E-state index contributed by atoms with van der Waals surface area (Å²) in [7, 11) is -3.40. The smallest absolute Gasteiger partial charge is 0.279 e. The van der Waals surface area contributed by atoms with Crippen LogP contribution in [0.1, 0.15) is 10.7 Å². The van der Waals surface area contributed by atoms with E-state index in [0.29, 0.717) is 26.3 Å². The van der Waals surface area contributed by atoms with Crippen molar-refractivity contribution in [1.82, 2.24) is 14.0 Å². The predicted octanol–water partition coefficient (Wildman–Crippen LogP) is 0.118. The first-order chi connectivity index (χ1) is 8.08. The Balaban J connectivity index is 1.92. The molecule has 0 saturated carbocycles. The average Bonchev–Trinajstić information content (AvgIpc) is 2.74. The van der Waals surface area contributed by atoms with Gasteiger partial charge in [-0.15, -0.1) is 11.3 Å². The van der Waals surface area contributed by atoms with Gasteiger partial charge in [-0.2, -0.15) is 17.4 Å². The average molecular weight is 277 g/mol. The Morgan fingerprint density at radius 1 is 1.53 bits per heavy atom. The first-order valence-electron chi connectivity index (χ1n) is 5.31. The van der Waals surface area contributed by atoms with Gasteiger partial charge in [0.05, 0.1) is 19.8 Å². The summed E-state index contributed by atoms with van der Waals surface area (Å²) < 4.78 is 32.9. The van der Waals surface area contributed by atoms with Crippen molar-refractivity contribution < 1.29 is 13.2 Å². The van der Waals surface area contributed by atoms with Crippen LogP contribution in [0.2, 0.25) is 0 Å². The summed E-state index contributed by atoms with van der Waals surface area (Å²) >= 11 is 1.46. The summed E-state index contributed by atoms with van der Waals surface area (Å²) in [6, 6.07) is 0. The molecule has 0 spiro atoms. The molecule has 0 unspecified atom stereocenters. The van der Waals surface area contributed by atoms with Crippen LogP contribution < -0.4 is 4.72 Å². The van der Waals surface area contributed by atoms with Crippen molar-refractivity contribution in [2.45, 2.75) is 13.5 Å². The number of thiazole rings is 1. The second kappa shape index (κ2) is 5.40. The summed E-state index contributed by atoms with van der Waals surface area (Å²) in [5.41, 5.74) is 0.913. The number of nitrogens with zero attached hydrogens (tertiary/aromatic N) is 2. The van der Waals surface area contributed by atoms with Crippen LogP contribution >= 0.6 is 11.3 Å². The molecule has 1 aromatic rings. The van der Waals surface area contributed by atoms with Gasteiger partial charge in [-0.3, -0.25) is 0 Å². The molecular formula is C9H15N3O3S2. The van der Waals surface area contributed by atoms with Crippen molar-refractivity contribution in [3.63, 3.8) is 0 Å². The largest absolute Gasteiger partial charge is 0.379 e. The number of rotatable bonds is 4. The highest BCUT2D eigenvalue weighted by molar-refractivity contribution is 7.87. The third-order valence-electron chi connectivity index (χ3n) is 2.38. The number of morpholine rings is 1. The van der Waals surface area contributed by atoms with Crippen LogP contribution in [-0.2, 0) is 21.5 Å². The third kappa shape index (κ3) is 3.46. The topological polar surface area (TPSA) is 71.5 Å². The van der Waals surface area contributed by atoms with Crippen molar-refractivity contribution in [3.05, 3.63) is 16.1 Å². The number of hydrogen-bond donors (Lipinski definition) is 1. The van der Waals surface area contributed by atoms with Gasteiger partial charge < -0.3 is 4.74 Å². The molecule has 2 heterocycles. The second-order valence-corrected chi connectivity index (χ2v) is 6.42. The van der Waals surface area contributed by atoms with Crippen molar-refractivity contribution in [3.8, 4) is 0 Å². The van der Waals surface area contributed by atoms with Gasteiger partial charge in [-0.25, -0.2) is 4.98 Å². The lowest BCUT2D eigenvalue weighted by Crippen LogP contribution is -2.46. The molecule has 6 nitrogen and oxygen atoms in total. The Kier molecular flexibility index (Phi) is 4.10. The van der Waals surface area contributed by atoms with Crippen LogP contribution in [0.25, 0.3) is 0 Å². The molecule has 1 saturated heterocycles. The molecule has 1 aromatic heterocycles. The van der Waals surface area contributed by atoms with E-state index >= 15 is 0 Å². The van der Waals surface area contributed by atoms with Gasteiger partial charge in [-0.1, -0.05) is 0 Å². The van der Waals surface area contributed by atoms with E-state index in [4.69, 9.17) is 4.74 Å². The highest BCUT2D eigenvalue weighted by atomic mass is 32.2. The third-order valence-corrected chi connectivity index (χ3v) is 4.90. The van der Waals surface area contributed by atoms with Crippen LogP contribution in [0.15, 0.2) is 5.38 Å². The number of aromatic nitrogens is 1. The molecule has 0 amide bonds. The van der Waals surface area contributed by atoms with Gasteiger partial charge >= 0.3 is 0 Å². The first-order valence-corrected chi connectivity index (χ1v) is 7.63. The van der Waals surface area contributed by atoms with Crippen LogP contribution in [-0.4, -0.2) is 44.0 Å². The normalized spacial score (nSPS) is 18.4. The molecule has 0 atom stereocenters. The molecule has 0 bridgehead atoms. The molecule has 1 N–H and O–H groups in total. The summed E-state index contributed by atoms with van der Waals surface area (Å²) in [6.45, 7) is 3.86. The van der Waals surface area contributed by atoms with E-state index in [-0.39, 0.29) is 6.54 Å². The minimum absolute atomic E-state index is 0.248. The maximum absolute atomic E-state index is 11.9. The fraction of sp³-hybridized carbons (Fsp3) is 0.667. The summed E-state index contributed by atoms with van der Waals surface area (Å²) in [6.07, 6.45) is 0. The first kappa shape index (κ1) is 12.9. The van der Waals surface area contributed by atoms with Crippen molar-refractivity contribution >= 4 is 21.5 Å². The molecule has 1 aliphatic heterocycles. The standard InChI is InChI=1S/C9H15N3O3S2/c1-8-7-16-9(11-8)6-10-17(13,14)12-2-4-15-5-3-12/h7,10H,2-6H2,1H3. The van der Waals surface area contributed by atoms with E-state index < -0.39 is 10.2 Å². The monoisotopic (exact) mass is 277 g/mol. The van der Waals surface area contributed by atoms with Crippen molar-refractivity contribution in [2.75, 3.05) is 26.3 Å². The lowest BCUT2D eigenvalue weighted by atomic mass is 10.5. The Labute approximate surface area is 105 Å². The van der Waals surface area contributed by atoms with E-state index in [1.165, 1.54) is 15.6 Å². The molecule has 0 radical (unpaired) electrons. The van der Waals surface area contributed by atoms with Gasteiger partial charge in [-0.05, 0) is 6.92 Å². The minimum atomic E-state index is -3.40. The Morgan fingerprint density at radius 3 is 2.82 bits per heavy atom. The molecule has 0 aromatic carbocycles. The fourth-order valence-electron chi connectivity index (χ4n) is 1.52. The van der Waals surface area contributed by atoms with E-state index in [1.54, 1.807) is 0 Å². The molecule has 2 rings (SSSR count). The second-order valence-electron chi connectivity index (χ2n) is 3.72. The highest BCUT2D eigenvalue weighted by Crippen LogP contribution is 2.09. The van der Waals surface area contributed by atoms with Crippen LogP contribution in [0.5, 0.6) is 0 Å². The van der Waals surface area contributed by atoms with E-state index in [2.05, 4.69) is 9.71 Å². The zero-order chi connectivity index (χ0) is 12.3. The zero-order valence-corrected chi connectivity index (χ0v) is 11.2. The molecule has 8 heteroatoms. The van der Waals surface area contributed by atoms with Gasteiger partial charge in [0.2, 0.25) is 0 Å².